The first-order valence-corrected chi connectivity index (χ1v) is 9.08. The number of carbonyl (C=O) groups excluding carboxylic acids is 1. The molecule has 0 radical (unpaired) electrons. The van der Waals surface area contributed by atoms with Gasteiger partial charge in [-0.15, -0.1) is 0 Å². The van der Waals surface area contributed by atoms with Crippen molar-refractivity contribution >= 4 is 5.91 Å². The van der Waals surface area contributed by atoms with Crippen LogP contribution in [0.2, 0.25) is 0 Å². The summed E-state index contributed by atoms with van der Waals surface area (Å²) in [6.07, 6.45) is 7.03. The van der Waals surface area contributed by atoms with E-state index in [4.69, 9.17) is 4.74 Å². The summed E-state index contributed by atoms with van der Waals surface area (Å²) in [7, 11) is 5.76. The average Bonchev–Trinajstić information content (AvgIpc) is 2.76. The zero-order valence-corrected chi connectivity index (χ0v) is 15.4. The molecule has 1 saturated heterocycles. The van der Waals surface area contributed by atoms with Crippen LogP contribution in [0.25, 0.3) is 0 Å². The smallest absolute Gasteiger partial charge is 0.246 e. The Bertz CT molecular complexity index is 422. The molecule has 0 aromatic heterocycles. The van der Waals surface area contributed by atoms with Gasteiger partial charge >= 0.3 is 0 Å². The normalized spacial score (nSPS) is 29.8. The molecule has 2 aliphatic rings. The number of hydrogen-bond donors (Lipinski definition) is 1. The van der Waals surface area contributed by atoms with Crippen molar-refractivity contribution < 1.29 is 14.6 Å². The number of aliphatic hydroxyl groups excluding tert-OH is 1. The van der Waals surface area contributed by atoms with E-state index >= 15 is 0 Å². The molecule has 0 unspecified atom stereocenters. The minimum Gasteiger partial charge on any atom is -0.389 e. The summed E-state index contributed by atoms with van der Waals surface area (Å²) in [6, 6.07) is 0.0132. The van der Waals surface area contributed by atoms with Crippen LogP contribution in [-0.4, -0.2) is 97.9 Å². The molecule has 1 saturated carbocycles. The van der Waals surface area contributed by atoms with Gasteiger partial charge in [0, 0.05) is 38.8 Å². The Morgan fingerprint density at radius 3 is 2.54 bits per heavy atom. The number of morpholine rings is 1. The molecule has 0 aromatic rings. The van der Waals surface area contributed by atoms with Gasteiger partial charge in [-0.2, -0.15) is 0 Å². The van der Waals surface area contributed by atoms with Crippen LogP contribution >= 0.6 is 0 Å². The minimum absolute atomic E-state index is 0.0245. The van der Waals surface area contributed by atoms with Gasteiger partial charge < -0.3 is 19.6 Å². The average molecular weight is 339 g/mol. The summed E-state index contributed by atoms with van der Waals surface area (Å²) >= 11 is 0. The van der Waals surface area contributed by atoms with Crippen LogP contribution in [0.1, 0.15) is 25.7 Å². The van der Waals surface area contributed by atoms with Crippen LogP contribution < -0.4 is 0 Å². The standard InChI is InChI=1S/C18H33N3O3/c1-19(2)10-6-9-17(22)20(3)15-7-4-5-8-16(18(15)23)21-11-13-24-14-12-21/h6,9,15-16,18,23H,4-5,7-8,10-14H2,1-3H3/b9-6+/t15-,16-,18-/m1/s1. The fraction of sp³-hybridized carbons (Fsp3) is 0.833. The second-order valence-corrected chi connectivity index (χ2v) is 7.17. The molecule has 0 bridgehead atoms. The van der Waals surface area contributed by atoms with E-state index < -0.39 is 6.10 Å². The summed E-state index contributed by atoms with van der Waals surface area (Å²) in [5, 5.41) is 11.0. The molecular formula is C18H33N3O3. The Kier molecular flexibility index (Phi) is 7.68. The Balaban J connectivity index is 2.00. The lowest BCUT2D eigenvalue weighted by atomic mass is 9.98. The van der Waals surface area contributed by atoms with E-state index in [2.05, 4.69) is 4.90 Å². The van der Waals surface area contributed by atoms with Crippen molar-refractivity contribution in [2.45, 2.75) is 43.9 Å². The SMILES string of the molecule is CN(C)C/C=C/C(=O)N(C)[C@@H]1CCCC[C@@H](N2CCOCC2)[C@@H]1O. The van der Waals surface area contributed by atoms with E-state index in [9.17, 15) is 9.90 Å². The van der Waals surface area contributed by atoms with Crippen LogP contribution in [0.15, 0.2) is 12.2 Å². The van der Waals surface area contributed by atoms with E-state index in [-0.39, 0.29) is 18.0 Å². The van der Waals surface area contributed by atoms with Crippen LogP contribution in [-0.2, 0) is 9.53 Å². The first-order chi connectivity index (χ1) is 11.5. The molecule has 1 aliphatic carbocycles. The number of hydrogen-bond acceptors (Lipinski definition) is 5. The largest absolute Gasteiger partial charge is 0.389 e. The third kappa shape index (κ3) is 5.28. The second kappa shape index (κ2) is 9.51. The highest BCUT2D eigenvalue weighted by molar-refractivity contribution is 5.87. The lowest BCUT2D eigenvalue weighted by Gasteiger charge is -2.40. The molecule has 3 atom stereocenters. The predicted molar refractivity (Wildman–Crippen MR) is 94.9 cm³/mol. The molecule has 1 heterocycles. The van der Waals surface area contributed by atoms with E-state index in [0.717, 1.165) is 58.5 Å². The van der Waals surface area contributed by atoms with Crippen molar-refractivity contribution in [1.82, 2.24) is 14.7 Å². The maximum absolute atomic E-state index is 12.4. The Hall–Kier alpha value is -0.950. The number of aliphatic hydroxyl groups is 1. The number of likely N-dealkylation sites (N-methyl/N-ethyl adjacent to an activating group) is 2. The Morgan fingerprint density at radius 1 is 1.21 bits per heavy atom. The highest BCUT2D eigenvalue weighted by Crippen LogP contribution is 2.26. The van der Waals surface area contributed by atoms with Crippen molar-refractivity contribution in [2.75, 3.05) is 54.0 Å². The van der Waals surface area contributed by atoms with Crippen molar-refractivity contribution in [2.24, 2.45) is 0 Å². The molecule has 6 heteroatoms. The molecule has 1 N–H and O–H groups in total. The van der Waals surface area contributed by atoms with Crippen LogP contribution in [0, 0.1) is 0 Å². The summed E-state index contributed by atoms with van der Waals surface area (Å²) in [6.45, 7) is 3.94. The summed E-state index contributed by atoms with van der Waals surface area (Å²) < 4.78 is 5.43. The topological polar surface area (TPSA) is 56.3 Å². The predicted octanol–water partition coefficient (Wildman–Crippen LogP) is 0.567. The molecule has 138 valence electrons. The Labute approximate surface area is 146 Å². The van der Waals surface area contributed by atoms with E-state index in [1.165, 1.54) is 0 Å². The zero-order chi connectivity index (χ0) is 17.5. The molecule has 1 amide bonds. The summed E-state index contributed by atoms with van der Waals surface area (Å²) in [5.74, 6) is -0.0245. The molecule has 1 aliphatic heterocycles. The fourth-order valence-corrected chi connectivity index (χ4v) is 3.68. The first-order valence-electron chi connectivity index (χ1n) is 9.08. The highest BCUT2D eigenvalue weighted by atomic mass is 16.5. The van der Waals surface area contributed by atoms with Gasteiger partial charge in [-0.05, 0) is 26.9 Å². The quantitative estimate of drug-likeness (QED) is 0.586. The lowest BCUT2D eigenvalue weighted by Crippen LogP contribution is -2.55. The molecular weight excluding hydrogens is 306 g/mol. The maximum Gasteiger partial charge on any atom is 0.246 e. The van der Waals surface area contributed by atoms with Crippen molar-refractivity contribution in [3.63, 3.8) is 0 Å². The van der Waals surface area contributed by atoms with E-state index in [1.807, 2.05) is 32.1 Å². The van der Waals surface area contributed by atoms with Gasteiger partial charge in [0.25, 0.3) is 0 Å². The fourth-order valence-electron chi connectivity index (χ4n) is 3.68. The molecule has 0 aromatic carbocycles. The third-order valence-electron chi connectivity index (χ3n) is 5.13. The van der Waals surface area contributed by atoms with Crippen LogP contribution in [0.3, 0.4) is 0 Å². The third-order valence-corrected chi connectivity index (χ3v) is 5.13. The monoisotopic (exact) mass is 339 g/mol. The number of ether oxygens (including phenoxy) is 1. The van der Waals surface area contributed by atoms with E-state index in [1.54, 1.807) is 11.0 Å². The number of rotatable bonds is 5. The zero-order valence-electron chi connectivity index (χ0n) is 15.4. The van der Waals surface area contributed by atoms with Crippen molar-refractivity contribution in [3.05, 3.63) is 12.2 Å². The molecule has 6 nitrogen and oxygen atoms in total. The lowest BCUT2D eigenvalue weighted by molar-refractivity contribution is -0.131. The summed E-state index contributed by atoms with van der Waals surface area (Å²) in [5.41, 5.74) is 0. The van der Waals surface area contributed by atoms with Gasteiger partial charge in [-0.25, -0.2) is 0 Å². The molecule has 2 rings (SSSR count). The second-order valence-electron chi connectivity index (χ2n) is 7.17. The molecule has 24 heavy (non-hydrogen) atoms. The molecule has 0 spiro atoms. The van der Waals surface area contributed by atoms with Gasteiger partial charge in [-0.3, -0.25) is 9.69 Å². The number of carbonyl (C=O) groups is 1. The van der Waals surface area contributed by atoms with Gasteiger partial charge in [0.2, 0.25) is 5.91 Å². The molecule has 2 fully saturated rings. The van der Waals surface area contributed by atoms with Crippen LogP contribution in [0.5, 0.6) is 0 Å². The van der Waals surface area contributed by atoms with E-state index in [0.29, 0.717) is 0 Å². The summed E-state index contributed by atoms with van der Waals surface area (Å²) in [4.78, 5) is 18.5. The number of nitrogens with zero attached hydrogens (tertiary/aromatic N) is 3. The Morgan fingerprint density at radius 2 is 1.88 bits per heavy atom. The van der Waals surface area contributed by atoms with Crippen molar-refractivity contribution in [3.8, 4) is 0 Å². The van der Waals surface area contributed by atoms with Gasteiger partial charge in [0.05, 0.1) is 25.4 Å². The van der Waals surface area contributed by atoms with Gasteiger partial charge in [0.1, 0.15) is 0 Å². The number of amides is 1. The van der Waals surface area contributed by atoms with Crippen LogP contribution in [0.4, 0.5) is 0 Å². The van der Waals surface area contributed by atoms with Crippen molar-refractivity contribution in [1.29, 1.82) is 0 Å². The first kappa shape index (κ1) is 19.4. The van der Waals surface area contributed by atoms with Gasteiger partial charge in [0.15, 0.2) is 0 Å². The minimum atomic E-state index is -0.498. The highest BCUT2D eigenvalue weighted by Gasteiger charge is 2.37. The maximum atomic E-state index is 12.4. The van der Waals surface area contributed by atoms with Gasteiger partial charge in [-0.1, -0.05) is 18.9 Å².